The maximum Gasteiger partial charge on any atom is 0.264 e. The molecule has 0 aliphatic carbocycles. The number of ether oxygens (including phenoxy) is 3. The molecule has 5 aliphatic heterocycles. The zero-order valence-electron chi connectivity index (χ0n) is 33.8. The van der Waals surface area contributed by atoms with Crippen LogP contribution in [-0.2, 0) is 31.2 Å². The number of aromatic nitrogens is 2. The first-order valence-electron chi connectivity index (χ1n) is 20.6. The Kier molecular flexibility index (Phi) is 9.54. The van der Waals surface area contributed by atoms with Crippen molar-refractivity contribution < 1.29 is 28.9 Å². The van der Waals surface area contributed by atoms with Crippen LogP contribution in [0.15, 0.2) is 79.0 Å². The van der Waals surface area contributed by atoms with E-state index in [0.29, 0.717) is 57.8 Å². The zero-order valence-corrected chi connectivity index (χ0v) is 33.8. The lowest BCUT2D eigenvalue weighted by molar-refractivity contribution is -0.0485. The van der Waals surface area contributed by atoms with E-state index in [4.69, 9.17) is 19.2 Å². The molecule has 10 rings (SSSR count). The van der Waals surface area contributed by atoms with E-state index in [1.807, 2.05) is 60.8 Å². The molecule has 0 unspecified atom stereocenters. The lowest BCUT2D eigenvalue weighted by atomic mass is 9.91. The number of fused-ring (bicyclic) bond motifs is 4. The van der Waals surface area contributed by atoms with Crippen molar-refractivity contribution in [1.29, 1.82) is 0 Å². The van der Waals surface area contributed by atoms with Gasteiger partial charge in [-0.2, -0.15) is 0 Å². The topological polar surface area (TPSA) is 116 Å². The fraction of sp³-hybridized carbons (Fsp3) is 0.370. The number of morpholine rings is 1. The average Bonchev–Trinajstić information content (AvgIpc) is 3.96. The fourth-order valence-corrected chi connectivity index (χ4v) is 9.56. The van der Waals surface area contributed by atoms with Crippen LogP contribution in [0.4, 0.5) is 17.2 Å². The normalized spacial score (nSPS) is 20.0. The molecule has 59 heavy (non-hydrogen) atoms. The minimum atomic E-state index is -0.257. The standard InChI is InChI=1S/C46H49N7O6/c1-29-38(46(56)53(33-8-10-37(54)11-9-33)34-19-31-12-13-48(2)44(31)47-23-34)20-41(49(29)3)39-21-42-43(59-28-58-42)22-40(39)45(55)52-24-32-7-5-4-6-30(32)18-35(52)25-50-14-15-51-16-17-57-27-36(51)26-50/h4-11,19-23,35-36,54H,12-18,24-28H2,1-3H3/t35-,36-/m0/s1. The number of likely N-dealkylation sites (N-methyl/N-ethyl adjacent to an activating group) is 1. The summed E-state index contributed by atoms with van der Waals surface area (Å²) in [5.41, 5.74) is 7.78. The van der Waals surface area contributed by atoms with Crippen molar-refractivity contribution in [3.05, 3.63) is 113 Å². The molecule has 5 aromatic rings. The van der Waals surface area contributed by atoms with Gasteiger partial charge in [0.05, 0.1) is 36.2 Å². The van der Waals surface area contributed by atoms with Crippen molar-refractivity contribution in [3.8, 4) is 28.5 Å². The SMILES string of the molecule is Cc1c(C(=O)N(c2ccc(O)cc2)c2cnc3c(c2)CCN3C)cc(-c2cc3c(cc2C(=O)N2Cc4ccccc4C[C@H]2CN2CCN4CCOC[C@@H]4C2)OCO3)n1C. The Hall–Kier alpha value is -5.89. The third-order valence-electron chi connectivity index (χ3n) is 13.0. The van der Waals surface area contributed by atoms with E-state index in [-0.39, 0.29) is 30.4 Å². The van der Waals surface area contributed by atoms with Crippen LogP contribution < -0.4 is 19.3 Å². The summed E-state index contributed by atoms with van der Waals surface area (Å²) >= 11 is 0. The number of phenolic OH excluding ortho intramolecular Hbond substituents is 1. The van der Waals surface area contributed by atoms with Crippen LogP contribution in [0.25, 0.3) is 11.3 Å². The molecule has 13 nitrogen and oxygen atoms in total. The number of nitrogens with zero attached hydrogens (tertiary/aromatic N) is 7. The molecule has 2 fully saturated rings. The van der Waals surface area contributed by atoms with Gasteiger partial charge >= 0.3 is 0 Å². The van der Waals surface area contributed by atoms with Crippen LogP contribution in [0, 0.1) is 6.92 Å². The highest BCUT2D eigenvalue weighted by molar-refractivity contribution is 6.12. The lowest BCUT2D eigenvalue weighted by Crippen LogP contribution is -2.60. The van der Waals surface area contributed by atoms with Gasteiger partial charge < -0.3 is 33.7 Å². The number of benzene rings is 3. The van der Waals surface area contributed by atoms with Crippen molar-refractivity contribution in [2.75, 3.05) is 76.1 Å². The third-order valence-corrected chi connectivity index (χ3v) is 13.0. The van der Waals surface area contributed by atoms with Gasteiger partial charge in [-0.25, -0.2) is 4.98 Å². The van der Waals surface area contributed by atoms with Crippen molar-refractivity contribution in [3.63, 3.8) is 0 Å². The zero-order chi connectivity index (χ0) is 40.4. The Balaban J connectivity index is 1.02. The van der Waals surface area contributed by atoms with E-state index in [1.54, 1.807) is 35.4 Å². The van der Waals surface area contributed by atoms with Crippen molar-refractivity contribution in [2.24, 2.45) is 7.05 Å². The molecular weight excluding hydrogens is 747 g/mol. The minimum Gasteiger partial charge on any atom is -0.508 e. The van der Waals surface area contributed by atoms with Gasteiger partial charge in [0.15, 0.2) is 11.5 Å². The summed E-state index contributed by atoms with van der Waals surface area (Å²) in [5.74, 6) is 1.74. The summed E-state index contributed by atoms with van der Waals surface area (Å²) < 4.78 is 19.6. The lowest BCUT2D eigenvalue weighted by Gasteiger charge is -2.46. The molecule has 13 heteroatoms. The Bertz CT molecular complexity index is 2450. The van der Waals surface area contributed by atoms with Gasteiger partial charge in [0.25, 0.3) is 11.8 Å². The third kappa shape index (κ3) is 6.76. The molecule has 2 aromatic heterocycles. The second-order valence-electron chi connectivity index (χ2n) is 16.4. The Labute approximate surface area is 343 Å². The number of aromatic hydroxyl groups is 1. The number of hydrogen-bond donors (Lipinski definition) is 1. The van der Waals surface area contributed by atoms with Crippen LogP contribution in [0.3, 0.4) is 0 Å². The first-order chi connectivity index (χ1) is 28.7. The van der Waals surface area contributed by atoms with Gasteiger partial charge in [-0.15, -0.1) is 0 Å². The maximum atomic E-state index is 15.3. The van der Waals surface area contributed by atoms with Crippen molar-refractivity contribution in [1.82, 2.24) is 24.3 Å². The molecule has 304 valence electrons. The van der Waals surface area contributed by atoms with Crippen LogP contribution in [-0.4, -0.2) is 120 Å². The van der Waals surface area contributed by atoms with E-state index < -0.39 is 0 Å². The van der Waals surface area contributed by atoms with Crippen LogP contribution >= 0.6 is 0 Å². The predicted octanol–water partition coefficient (Wildman–Crippen LogP) is 5.38. The molecule has 7 heterocycles. The number of carbonyl (C=O) groups excluding carboxylic acids is 2. The molecule has 1 N–H and O–H groups in total. The number of amides is 2. The van der Waals surface area contributed by atoms with E-state index in [0.717, 1.165) is 88.0 Å². The number of phenols is 1. The molecule has 2 saturated heterocycles. The number of hydrogen-bond acceptors (Lipinski definition) is 10. The summed E-state index contributed by atoms with van der Waals surface area (Å²) in [4.78, 5) is 45.9. The molecule has 2 amide bonds. The number of pyridine rings is 1. The summed E-state index contributed by atoms with van der Waals surface area (Å²) in [6.07, 6.45) is 3.32. The van der Waals surface area contributed by atoms with Crippen LogP contribution in [0.5, 0.6) is 17.2 Å². The van der Waals surface area contributed by atoms with Gasteiger partial charge in [-0.05, 0) is 85.0 Å². The Morgan fingerprint density at radius 2 is 1.68 bits per heavy atom. The van der Waals surface area contributed by atoms with E-state index in [9.17, 15) is 9.90 Å². The highest BCUT2D eigenvalue weighted by Crippen LogP contribution is 2.42. The van der Waals surface area contributed by atoms with E-state index in [1.165, 1.54) is 5.56 Å². The smallest absolute Gasteiger partial charge is 0.264 e. The van der Waals surface area contributed by atoms with Gasteiger partial charge in [-0.3, -0.25) is 24.3 Å². The van der Waals surface area contributed by atoms with E-state index >= 15 is 4.79 Å². The second kappa shape index (κ2) is 15.0. The average molecular weight is 796 g/mol. The maximum absolute atomic E-state index is 15.3. The Morgan fingerprint density at radius 3 is 2.51 bits per heavy atom. The molecule has 2 atom stereocenters. The van der Waals surface area contributed by atoms with E-state index in [2.05, 4.69) is 32.9 Å². The Morgan fingerprint density at radius 1 is 0.881 bits per heavy atom. The quantitative estimate of drug-likeness (QED) is 0.230. The highest BCUT2D eigenvalue weighted by Gasteiger charge is 2.37. The minimum absolute atomic E-state index is 0.0568. The van der Waals surface area contributed by atoms with Crippen molar-refractivity contribution in [2.45, 2.75) is 38.4 Å². The first kappa shape index (κ1) is 37.4. The molecule has 0 spiro atoms. The molecule has 0 bridgehead atoms. The highest BCUT2D eigenvalue weighted by atomic mass is 16.7. The summed E-state index contributed by atoms with van der Waals surface area (Å²) in [6.45, 7) is 9.43. The molecule has 0 saturated carbocycles. The molecular formula is C46H49N7O6. The van der Waals surface area contributed by atoms with Gasteiger partial charge in [0.1, 0.15) is 11.6 Å². The number of rotatable bonds is 7. The van der Waals surface area contributed by atoms with Gasteiger partial charge in [0.2, 0.25) is 6.79 Å². The molecule has 0 radical (unpaired) electrons. The van der Waals surface area contributed by atoms with Crippen LogP contribution in [0.1, 0.15) is 43.1 Å². The fourth-order valence-electron chi connectivity index (χ4n) is 9.56. The molecule has 5 aliphatic rings. The second-order valence-corrected chi connectivity index (χ2v) is 16.4. The number of anilines is 3. The monoisotopic (exact) mass is 795 g/mol. The number of carbonyl (C=O) groups is 2. The summed E-state index contributed by atoms with van der Waals surface area (Å²) in [5, 5.41) is 10.2. The predicted molar refractivity (Wildman–Crippen MR) is 224 cm³/mol. The van der Waals surface area contributed by atoms with Crippen LogP contribution in [0.2, 0.25) is 0 Å². The first-order valence-corrected chi connectivity index (χ1v) is 20.6. The van der Waals surface area contributed by atoms with Crippen molar-refractivity contribution >= 4 is 29.0 Å². The summed E-state index contributed by atoms with van der Waals surface area (Å²) in [7, 11) is 3.94. The van der Waals surface area contributed by atoms with Gasteiger partial charge in [0, 0.05) is 94.6 Å². The number of piperazine rings is 1. The molecule has 3 aromatic carbocycles. The van der Waals surface area contributed by atoms with Gasteiger partial charge in [-0.1, -0.05) is 24.3 Å². The largest absolute Gasteiger partial charge is 0.508 e. The summed E-state index contributed by atoms with van der Waals surface area (Å²) in [6, 6.07) is 23.0.